The molecule has 2 heterocycles. The Bertz CT molecular complexity index is 1350. The molecule has 2 N–H and O–H groups in total. The van der Waals surface area contributed by atoms with Crippen LogP contribution in [0.15, 0.2) is 64.6 Å². The van der Waals surface area contributed by atoms with Gasteiger partial charge in [0.2, 0.25) is 0 Å². The summed E-state index contributed by atoms with van der Waals surface area (Å²) >= 11 is 7.50. The van der Waals surface area contributed by atoms with Gasteiger partial charge in [-0.2, -0.15) is 0 Å². The van der Waals surface area contributed by atoms with Crippen molar-refractivity contribution in [1.29, 1.82) is 0 Å². The normalized spacial score (nSPS) is 13.3. The summed E-state index contributed by atoms with van der Waals surface area (Å²) in [5.41, 5.74) is 2.12. The van der Waals surface area contributed by atoms with E-state index in [2.05, 4.69) is 15.6 Å². The highest BCUT2D eigenvalue weighted by Gasteiger charge is 2.39. The zero-order chi connectivity index (χ0) is 25.1. The van der Waals surface area contributed by atoms with Gasteiger partial charge in [0.05, 0.1) is 23.6 Å². The Morgan fingerprint density at radius 3 is 2.29 bits per heavy atom. The Morgan fingerprint density at radius 1 is 1.03 bits per heavy atom. The quantitative estimate of drug-likeness (QED) is 0.359. The van der Waals surface area contributed by atoms with Crippen LogP contribution in [0, 0.1) is 6.92 Å². The Hall–Kier alpha value is -4.02. The lowest BCUT2D eigenvalue weighted by atomic mass is 10.2. The smallest absolute Gasteiger partial charge is 0.338 e. The number of anilines is 3. The molecule has 9 nitrogen and oxygen atoms in total. The van der Waals surface area contributed by atoms with Crippen LogP contribution < -0.4 is 15.5 Å². The number of ether oxygens (including phenoxy) is 1. The van der Waals surface area contributed by atoms with Crippen LogP contribution in [0.4, 0.5) is 16.5 Å². The molecule has 1 aliphatic heterocycles. The van der Waals surface area contributed by atoms with Crippen LogP contribution in [0.5, 0.6) is 0 Å². The van der Waals surface area contributed by atoms with Crippen LogP contribution in [0.1, 0.15) is 33.3 Å². The zero-order valence-electron chi connectivity index (χ0n) is 18.6. The van der Waals surface area contributed by atoms with E-state index in [1.54, 1.807) is 31.2 Å². The van der Waals surface area contributed by atoms with Gasteiger partial charge in [0, 0.05) is 16.6 Å². The van der Waals surface area contributed by atoms with Crippen molar-refractivity contribution in [3.63, 3.8) is 0 Å². The first-order valence-corrected chi connectivity index (χ1v) is 11.7. The van der Waals surface area contributed by atoms with E-state index >= 15 is 0 Å². The minimum absolute atomic E-state index is 0.0957. The number of thiazole rings is 1. The number of hydrogen-bond acceptors (Lipinski definition) is 8. The molecule has 2 aromatic carbocycles. The van der Waals surface area contributed by atoms with Crippen molar-refractivity contribution in [2.75, 3.05) is 22.1 Å². The van der Waals surface area contributed by atoms with Crippen molar-refractivity contribution < 1.29 is 23.9 Å². The molecule has 35 heavy (non-hydrogen) atoms. The monoisotopic (exact) mass is 510 g/mol. The van der Waals surface area contributed by atoms with Crippen LogP contribution in [-0.2, 0) is 14.3 Å². The lowest BCUT2D eigenvalue weighted by molar-refractivity contribution is -0.120. The van der Waals surface area contributed by atoms with E-state index in [0.29, 0.717) is 21.9 Å². The number of nitrogens with one attached hydrogen (secondary N) is 2. The Kier molecular flexibility index (Phi) is 6.94. The highest BCUT2D eigenvalue weighted by atomic mass is 35.5. The number of halogens is 1. The molecule has 0 aliphatic carbocycles. The van der Waals surface area contributed by atoms with Crippen molar-refractivity contribution in [2.24, 2.45) is 0 Å². The third kappa shape index (κ3) is 5.08. The second-order valence-electron chi connectivity index (χ2n) is 7.35. The Balaban J connectivity index is 1.46. The largest absolute Gasteiger partial charge is 0.462 e. The van der Waals surface area contributed by atoms with Gasteiger partial charge in [0.1, 0.15) is 10.7 Å². The summed E-state index contributed by atoms with van der Waals surface area (Å²) in [5, 5.41) is 7.63. The molecule has 1 aliphatic rings. The van der Waals surface area contributed by atoms with Crippen molar-refractivity contribution >= 4 is 63.1 Å². The number of aryl methyl sites for hydroxylation is 1. The number of carbonyl (C=O) groups excluding carboxylic acids is 4. The summed E-state index contributed by atoms with van der Waals surface area (Å²) in [6.45, 7) is 3.76. The molecule has 11 heteroatoms. The number of benzene rings is 2. The lowest BCUT2D eigenvalue weighted by Gasteiger charge is -2.15. The number of imide groups is 1. The minimum Gasteiger partial charge on any atom is -0.462 e. The third-order valence-corrected chi connectivity index (χ3v) is 6.15. The molecule has 3 aromatic rings. The Labute approximate surface area is 209 Å². The molecule has 0 bridgehead atoms. The van der Waals surface area contributed by atoms with E-state index in [9.17, 15) is 19.2 Å². The maximum Gasteiger partial charge on any atom is 0.338 e. The second kappa shape index (κ2) is 10.1. The lowest BCUT2D eigenvalue weighted by Crippen LogP contribution is -2.32. The van der Waals surface area contributed by atoms with Crippen molar-refractivity contribution in [3.8, 4) is 0 Å². The number of esters is 1. The van der Waals surface area contributed by atoms with E-state index in [0.717, 1.165) is 10.6 Å². The molecule has 0 saturated carbocycles. The summed E-state index contributed by atoms with van der Waals surface area (Å²) in [5.74, 6) is -2.18. The van der Waals surface area contributed by atoms with E-state index in [-0.39, 0.29) is 28.9 Å². The molecule has 0 atom stereocenters. The van der Waals surface area contributed by atoms with Crippen molar-refractivity contribution in [1.82, 2.24) is 4.98 Å². The van der Waals surface area contributed by atoms with Crippen molar-refractivity contribution in [3.05, 3.63) is 81.5 Å². The first-order chi connectivity index (χ1) is 16.8. The average Bonchev–Trinajstić information content (AvgIpc) is 3.35. The molecular formula is C24H19ClN4O5S. The Morgan fingerprint density at radius 2 is 1.69 bits per heavy atom. The topological polar surface area (TPSA) is 118 Å². The van der Waals surface area contributed by atoms with E-state index in [1.807, 2.05) is 12.3 Å². The van der Waals surface area contributed by atoms with Crippen LogP contribution in [0.3, 0.4) is 0 Å². The molecule has 0 spiro atoms. The zero-order valence-corrected chi connectivity index (χ0v) is 20.2. The summed E-state index contributed by atoms with van der Waals surface area (Å²) in [6, 6.07) is 12.2. The van der Waals surface area contributed by atoms with E-state index < -0.39 is 17.8 Å². The van der Waals surface area contributed by atoms with Gasteiger partial charge >= 0.3 is 5.97 Å². The summed E-state index contributed by atoms with van der Waals surface area (Å²) < 4.78 is 4.94. The first kappa shape index (κ1) is 24.1. The van der Waals surface area contributed by atoms with Crippen LogP contribution >= 0.6 is 22.9 Å². The fourth-order valence-corrected chi connectivity index (χ4v) is 4.13. The fraction of sp³-hybridized carbons (Fsp3) is 0.125. The highest BCUT2D eigenvalue weighted by Crippen LogP contribution is 2.30. The van der Waals surface area contributed by atoms with Gasteiger partial charge in [-0.3, -0.25) is 19.7 Å². The molecule has 178 valence electrons. The third-order valence-electron chi connectivity index (χ3n) is 4.92. The number of nitrogens with zero attached hydrogens (tertiary/aromatic N) is 2. The first-order valence-electron chi connectivity index (χ1n) is 10.4. The van der Waals surface area contributed by atoms with E-state index in [1.165, 1.54) is 35.6 Å². The average molecular weight is 511 g/mol. The molecule has 0 saturated heterocycles. The maximum atomic E-state index is 13.0. The van der Waals surface area contributed by atoms with Crippen molar-refractivity contribution in [2.45, 2.75) is 13.8 Å². The minimum atomic E-state index is -0.696. The van der Waals surface area contributed by atoms with Gasteiger partial charge in [-0.15, -0.1) is 11.3 Å². The number of carbonyl (C=O) groups is 4. The fourth-order valence-electron chi connectivity index (χ4n) is 3.24. The predicted molar refractivity (Wildman–Crippen MR) is 133 cm³/mol. The van der Waals surface area contributed by atoms with Gasteiger partial charge in [-0.1, -0.05) is 11.6 Å². The molecule has 1 aromatic heterocycles. The summed E-state index contributed by atoms with van der Waals surface area (Å²) in [6.07, 6.45) is 0. The maximum absolute atomic E-state index is 13.0. The van der Waals surface area contributed by atoms with Gasteiger partial charge in [0.15, 0.2) is 5.13 Å². The van der Waals surface area contributed by atoms with Gasteiger partial charge in [-0.25, -0.2) is 14.7 Å². The van der Waals surface area contributed by atoms with Gasteiger partial charge < -0.3 is 10.1 Å². The second-order valence-corrected chi connectivity index (χ2v) is 8.59. The van der Waals surface area contributed by atoms with Crippen LogP contribution in [-0.4, -0.2) is 35.3 Å². The molecular weight excluding hydrogens is 492 g/mol. The molecule has 4 rings (SSSR count). The van der Waals surface area contributed by atoms with Gasteiger partial charge in [0.25, 0.3) is 17.7 Å². The summed E-state index contributed by atoms with van der Waals surface area (Å²) in [7, 11) is 0. The SMILES string of the molecule is CCOC(=O)c1ccc(N2C(=O)C(Cl)=C(Nc3ccc(C(=O)Nc4nc(C)cs4)cc3)C2=O)cc1. The van der Waals surface area contributed by atoms with Gasteiger partial charge in [-0.05, 0) is 62.4 Å². The molecule has 0 fully saturated rings. The van der Waals surface area contributed by atoms with Crippen LogP contribution in [0.25, 0.3) is 0 Å². The summed E-state index contributed by atoms with van der Waals surface area (Å²) in [4.78, 5) is 55.0. The number of amides is 3. The number of rotatable bonds is 7. The number of aromatic nitrogens is 1. The molecule has 0 unspecified atom stereocenters. The van der Waals surface area contributed by atoms with Crippen LogP contribution in [0.2, 0.25) is 0 Å². The standard InChI is InChI=1S/C24H19ClN4O5S/c1-3-34-23(33)15-6-10-17(11-7-15)29-21(31)18(25)19(22(29)32)27-16-8-4-14(5-9-16)20(30)28-24-26-13(2)12-35-24/h4-12,27H,3H2,1-2H3,(H,26,28,30). The molecule has 0 radical (unpaired) electrons. The number of hydrogen-bond donors (Lipinski definition) is 2. The molecule has 3 amide bonds. The van der Waals surface area contributed by atoms with E-state index in [4.69, 9.17) is 16.3 Å². The highest BCUT2D eigenvalue weighted by molar-refractivity contribution is 7.13. The predicted octanol–water partition coefficient (Wildman–Crippen LogP) is 4.32.